The summed E-state index contributed by atoms with van der Waals surface area (Å²) in [6, 6.07) is 0. The van der Waals surface area contributed by atoms with Gasteiger partial charge in [0.05, 0.1) is 5.03 Å². The van der Waals surface area contributed by atoms with Gasteiger partial charge in [0.1, 0.15) is 15.3 Å². The van der Waals surface area contributed by atoms with Crippen molar-refractivity contribution in [2.24, 2.45) is 0 Å². The number of aromatic nitrogens is 2. The van der Waals surface area contributed by atoms with Crippen molar-refractivity contribution in [2.45, 2.75) is 6.92 Å². The van der Waals surface area contributed by atoms with E-state index in [1.807, 2.05) is 0 Å². The summed E-state index contributed by atoms with van der Waals surface area (Å²) in [6.07, 6.45) is 0. The lowest BCUT2D eigenvalue weighted by Crippen LogP contribution is -2.12. The first-order valence-corrected chi connectivity index (χ1v) is 3.78. The van der Waals surface area contributed by atoms with Crippen LogP contribution in [0.5, 0.6) is 0 Å². The molecule has 0 radical (unpaired) electrons. The number of hydrogen-bond donors (Lipinski definition) is 0. The molecule has 1 rings (SSSR count). The predicted molar refractivity (Wildman–Crippen MR) is 43.7 cm³/mol. The third-order valence-corrected chi connectivity index (χ3v) is 2.26. The molecule has 0 aliphatic heterocycles. The van der Waals surface area contributed by atoms with Gasteiger partial charge < -0.3 is 20.2 Å². The van der Waals surface area contributed by atoms with Crippen molar-refractivity contribution in [3.8, 4) is 0 Å². The summed E-state index contributed by atoms with van der Waals surface area (Å²) in [7, 11) is 0. The van der Waals surface area contributed by atoms with E-state index in [2.05, 4.69) is 21.0 Å². The second-order valence-electron chi connectivity index (χ2n) is 2.11. The highest BCUT2D eigenvalue weighted by molar-refractivity contribution is 9.10. The van der Waals surface area contributed by atoms with E-state index in [0.717, 1.165) is 0 Å². The van der Waals surface area contributed by atoms with Crippen LogP contribution in [0, 0.1) is 27.2 Å². The first-order valence-electron chi connectivity index (χ1n) is 2.99. The van der Waals surface area contributed by atoms with Crippen LogP contribution in [0.15, 0.2) is 4.47 Å². The van der Waals surface area contributed by atoms with Crippen LogP contribution < -0.4 is 0 Å². The summed E-state index contributed by atoms with van der Waals surface area (Å²) in [5, 5.41) is 22.9. The highest BCUT2D eigenvalue weighted by Crippen LogP contribution is 2.26. The van der Waals surface area contributed by atoms with E-state index in [1.165, 1.54) is 6.92 Å². The Hall–Kier alpha value is -1.51. The van der Waals surface area contributed by atoms with Crippen LogP contribution in [0.4, 0.5) is 5.82 Å². The Bertz CT molecular complexity index is 351. The Morgan fingerprint density at radius 2 is 2.00 bits per heavy atom. The summed E-state index contributed by atoms with van der Waals surface area (Å²) in [4.78, 5) is 20.1. The zero-order valence-corrected chi connectivity index (χ0v) is 7.89. The molecule has 0 fully saturated rings. The van der Waals surface area contributed by atoms with Gasteiger partial charge in [-0.1, -0.05) is 0 Å². The lowest BCUT2D eigenvalue weighted by molar-refractivity contribution is -0.555. The van der Waals surface area contributed by atoms with Crippen LogP contribution in [-0.4, -0.2) is 19.8 Å². The number of hydrogen-bond acceptors (Lipinski definition) is 5. The number of rotatable bonds is 2. The van der Waals surface area contributed by atoms with Gasteiger partial charge in [0.25, 0.3) is 0 Å². The Labute approximate surface area is 79.5 Å². The Balaban J connectivity index is 3.36. The van der Waals surface area contributed by atoms with Crippen LogP contribution >= 0.6 is 15.9 Å². The molecule has 0 aliphatic rings. The Morgan fingerprint density at radius 3 is 2.23 bits per heavy atom. The van der Waals surface area contributed by atoms with Crippen molar-refractivity contribution in [3.05, 3.63) is 30.4 Å². The summed E-state index contributed by atoms with van der Waals surface area (Å²) >= 11 is 2.84. The molecule has 70 valence electrons. The predicted octanol–water partition coefficient (Wildman–Crippen LogP) is 0.902. The molecule has 0 amide bonds. The fourth-order valence-electron chi connectivity index (χ4n) is 0.734. The molecular weight excluding hydrogens is 248 g/mol. The average molecular weight is 251 g/mol. The summed E-state index contributed by atoms with van der Waals surface area (Å²) in [5.41, 5.74) is 0.0803. The van der Waals surface area contributed by atoms with Crippen molar-refractivity contribution in [3.63, 3.8) is 0 Å². The van der Waals surface area contributed by atoms with Gasteiger partial charge in [-0.15, -0.1) is 0 Å². The molecule has 1 heterocycles. The second-order valence-corrected chi connectivity index (χ2v) is 2.90. The van der Waals surface area contributed by atoms with E-state index < -0.39 is 15.8 Å². The monoisotopic (exact) mass is 250 g/mol. The van der Waals surface area contributed by atoms with Crippen LogP contribution in [0.25, 0.3) is 0 Å². The molecule has 1 aromatic rings. The largest absolute Gasteiger partial charge is 0.408 e. The molecule has 0 aliphatic carbocycles. The van der Waals surface area contributed by atoms with Crippen LogP contribution in [-0.2, 0) is 0 Å². The first kappa shape index (κ1) is 9.58. The topological polar surface area (TPSA) is 104 Å². The fraction of sp³-hybridized carbons (Fsp3) is 0.250. The van der Waals surface area contributed by atoms with E-state index >= 15 is 0 Å². The van der Waals surface area contributed by atoms with Crippen LogP contribution in [0.2, 0.25) is 0 Å². The van der Waals surface area contributed by atoms with Crippen molar-refractivity contribution in [1.82, 2.24) is 9.89 Å². The van der Waals surface area contributed by atoms with E-state index in [-0.39, 0.29) is 10.2 Å². The number of nitro groups is 2. The standard InChI is InChI=1S/C4H3BrN4O4/c1-2-3(5)4(8(10)11)6-7(2)9(12)13/h1H3. The SMILES string of the molecule is Cc1c(Br)c([N+](=O)[O-])nn1[N+](=O)[O-]. The third-order valence-electron chi connectivity index (χ3n) is 1.33. The molecular formula is C4H3BrN4O4. The maximum atomic E-state index is 10.3. The molecule has 0 saturated carbocycles. The lowest BCUT2D eigenvalue weighted by atomic mass is 10.5. The van der Waals surface area contributed by atoms with Gasteiger partial charge >= 0.3 is 5.82 Å². The molecule has 0 aromatic carbocycles. The zero-order chi connectivity index (χ0) is 10.2. The van der Waals surface area contributed by atoms with Gasteiger partial charge in [0, 0.05) is 4.79 Å². The third kappa shape index (κ3) is 1.49. The van der Waals surface area contributed by atoms with Crippen molar-refractivity contribution >= 4 is 21.7 Å². The first-order chi connectivity index (χ1) is 5.95. The normalized spacial score (nSPS) is 10.0. The van der Waals surface area contributed by atoms with Gasteiger partial charge in [-0.25, -0.2) is 0 Å². The van der Waals surface area contributed by atoms with Crippen molar-refractivity contribution in [2.75, 3.05) is 0 Å². The Morgan fingerprint density at radius 1 is 1.46 bits per heavy atom. The van der Waals surface area contributed by atoms with Crippen molar-refractivity contribution < 1.29 is 9.96 Å². The lowest BCUT2D eigenvalue weighted by Gasteiger charge is -1.91. The van der Waals surface area contributed by atoms with E-state index in [4.69, 9.17) is 0 Å². The van der Waals surface area contributed by atoms with E-state index in [9.17, 15) is 20.2 Å². The fourth-order valence-corrected chi connectivity index (χ4v) is 1.12. The zero-order valence-electron chi connectivity index (χ0n) is 6.30. The van der Waals surface area contributed by atoms with Gasteiger partial charge in [-0.2, -0.15) is 0 Å². The maximum Gasteiger partial charge on any atom is 0.408 e. The van der Waals surface area contributed by atoms with Crippen LogP contribution in [0.3, 0.4) is 0 Å². The van der Waals surface area contributed by atoms with Gasteiger partial charge in [-0.05, 0) is 27.8 Å². The molecule has 0 bridgehead atoms. The molecule has 0 saturated heterocycles. The van der Waals surface area contributed by atoms with E-state index in [0.29, 0.717) is 4.79 Å². The summed E-state index contributed by atoms with van der Waals surface area (Å²) < 4.78 is 0.0224. The molecule has 0 N–H and O–H groups in total. The number of nitrogens with zero attached hydrogens (tertiary/aromatic N) is 4. The minimum Gasteiger partial charge on any atom is -0.358 e. The summed E-state index contributed by atoms with van der Waals surface area (Å²) in [6.45, 7) is 1.35. The highest BCUT2D eigenvalue weighted by atomic mass is 79.9. The molecule has 0 unspecified atom stereocenters. The highest BCUT2D eigenvalue weighted by Gasteiger charge is 2.26. The quantitative estimate of drug-likeness (QED) is 0.573. The molecule has 9 heteroatoms. The molecule has 1 aromatic heterocycles. The van der Waals surface area contributed by atoms with Gasteiger partial charge in [0.2, 0.25) is 0 Å². The van der Waals surface area contributed by atoms with E-state index in [1.54, 1.807) is 0 Å². The average Bonchev–Trinajstić information content (AvgIpc) is 2.29. The second kappa shape index (κ2) is 3.09. The molecule has 0 atom stereocenters. The Kier molecular flexibility index (Phi) is 2.28. The minimum atomic E-state index is -0.840. The van der Waals surface area contributed by atoms with Gasteiger partial charge in [-0.3, -0.25) is 0 Å². The van der Waals surface area contributed by atoms with Crippen LogP contribution in [0.1, 0.15) is 5.69 Å². The number of halogens is 1. The summed E-state index contributed by atoms with van der Waals surface area (Å²) in [5.74, 6) is -0.561. The minimum absolute atomic E-state index is 0.0224. The van der Waals surface area contributed by atoms with Crippen molar-refractivity contribution in [1.29, 1.82) is 0 Å². The molecule has 8 nitrogen and oxygen atoms in total. The van der Waals surface area contributed by atoms with Gasteiger partial charge in [0.15, 0.2) is 0 Å². The molecule has 13 heavy (non-hydrogen) atoms. The smallest absolute Gasteiger partial charge is 0.358 e. The maximum absolute atomic E-state index is 10.3. The molecule has 0 spiro atoms.